The number of primary amides is 1. The fourth-order valence-electron chi connectivity index (χ4n) is 14.3. The van der Waals surface area contributed by atoms with Gasteiger partial charge in [0, 0.05) is 80.5 Å². The summed E-state index contributed by atoms with van der Waals surface area (Å²) >= 11 is 8.32. The molecule has 1 saturated heterocycles. The molecular weight excluding hydrogens is 1970 g/mol. The van der Waals surface area contributed by atoms with Gasteiger partial charge in [0.1, 0.15) is 96.7 Å². The highest BCUT2D eigenvalue weighted by Gasteiger charge is 2.43. The number of nitrogens with zero attached hydrogens (tertiary/aromatic N) is 1. The van der Waals surface area contributed by atoms with Gasteiger partial charge in [0.25, 0.3) is 0 Å². The molecule has 1 unspecified atom stereocenters. The molecule has 17 atom stereocenters. The topological polar surface area (TPSA) is 961 Å². The van der Waals surface area contributed by atoms with Crippen LogP contribution < -0.4 is 135 Å². The van der Waals surface area contributed by atoms with Gasteiger partial charge in [-0.3, -0.25) is 112 Å². The summed E-state index contributed by atoms with van der Waals surface area (Å²) in [6, 6.07) is -11.7. The molecule has 0 aliphatic carbocycles. The first-order valence-electron chi connectivity index (χ1n) is 46.1. The minimum absolute atomic E-state index is 0.00897. The molecule has 2 aromatic carbocycles. The number of fused-ring (bicyclic) bond motifs is 1. The van der Waals surface area contributed by atoms with E-state index in [0.29, 0.717) is 22.0 Å². The van der Waals surface area contributed by atoms with Gasteiger partial charge in [0.15, 0.2) is 17.9 Å². The molecule has 808 valence electrons. The molecular formula is C86H134N30O28S2. The number of para-hydroxylation sites is 1. The maximum Gasteiger partial charge on any atom is 0.326 e. The maximum absolute atomic E-state index is 14.4. The number of guanidine groups is 3. The van der Waals surface area contributed by atoms with E-state index >= 15 is 0 Å². The molecule has 1 aromatic heterocycles. The van der Waals surface area contributed by atoms with Crippen LogP contribution in [0.3, 0.4) is 0 Å². The second kappa shape index (κ2) is 64.0. The van der Waals surface area contributed by atoms with Crippen LogP contribution in [0.2, 0.25) is 0 Å². The van der Waals surface area contributed by atoms with Crippen LogP contribution in [0.4, 0.5) is 0 Å². The van der Waals surface area contributed by atoms with Gasteiger partial charge in [-0.1, -0.05) is 62.4 Å². The Morgan fingerprint density at radius 3 is 1.29 bits per heavy atom. The number of aliphatic hydroxyl groups is 5. The fourth-order valence-corrected chi connectivity index (χ4v) is 14.8. The lowest BCUT2D eigenvalue weighted by atomic mass is 10.0. The van der Waals surface area contributed by atoms with Crippen LogP contribution in [0.5, 0.6) is 0 Å². The minimum atomic E-state index is -1.95. The Morgan fingerprint density at radius 1 is 0.418 bits per heavy atom. The Bertz CT molecular complexity index is 5040. The number of aromatic amines is 1. The number of carbonyl (C=O) groups is 21. The van der Waals surface area contributed by atoms with E-state index in [1.807, 2.05) is 0 Å². The van der Waals surface area contributed by atoms with Gasteiger partial charge in [-0.25, -0.2) is 4.79 Å². The summed E-state index contributed by atoms with van der Waals surface area (Å²) in [5.74, 6) is -26.4. The number of hydrogen-bond donors (Lipinski definition) is 38. The van der Waals surface area contributed by atoms with E-state index in [9.17, 15) is 136 Å². The Balaban J connectivity index is 1.37. The Hall–Kier alpha value is -14.9. The zero-order valence-electron chi connectivity index (χ0n) is 80.2. The Morgan fingerprint density at radius 2 is 0.815 bits per heavy atom. The van der Waals surface area contributed by atoms with E-state index in [1.165, 1.54) is 13.8 Å². The normalized spacial score (nSPS) is 15.3. The highest BCUT2D eigenvalue weighted by Crippen LogP contribution is 2.23. The summed E-state index contributed by atoms with van der Waals surface area (Å²) in [7, 11) is 0. The number of amides is 19. The predicted octanol–water partition coefficient (Wildman–Crippen LogP) is -14.7. The molecule has 0 spiro atoms. The van der Waals surface area contributed by atoms with Crippen molar-refractivity contribution in [2.75, 3.05) is 83.7 Å². The van der Waals surface area contributed by atoms with Crippen molar-refractivity contribution in [1.29, 1.82) is 16.2 Å². The maximum atomic E-state index is 14.4. The summed E-state index contributed by atoms with van der Waals surface area (Å²) in [4.78, 5) is 288. The molecule has 1 aliphatic rings. The lowest BCUT2D eigenvalue weighted by molar-refractivity contribution is -0.143. The standard InChI is InChI=1S/C86H134N30O28S2/c1-41(2)66(80(140)110-56(37-119)77(137)107-53(29-43-13-5-4-6-14-43)74(134)103-48(17-9-25-95-84(89)90)70(130)105-51(22-24-65(126)127)71(131)106-52(83(143)144)19-11-27-97-86(93)94)114-64(125)34-100-62(123)32-99-63(124)33-101-69(129)58(39-145)113-81(141)67(42(3)121)115-73(133)49(18-10-26-96-85(91)92)104-76(136)55(36-118)109-78(138)59(40-146)112-79(139)60-20-12-28-116(60)82(142)57(38-120)111-75(135)54(30-44-31-98-47-16-8-7-15-45(44)47)108-72(132)50(21-23-61(88)122)102-68(128)46(87)35-117/h4-8,13-16,31,41-42,46,48-60,66-67,98,117-121,145-146H,9-12,17-30,32-40,87H2,1-3H3,(H2,88,122)(H,99,124)(H,100,123)(H,101,129)(H,102,128)(H,103,134)(H,104,136)(H,105,130)(H,106,131)(H,107,137)(H,108,132)(H,109,138)(H,110,140)(H,111,135)(H,112,139)(H,113,141)(H,114,125)(H,115,133)(H,126,127)(H,143,144)(H4,89,90,95)(H4,91,92,96)(H4,93,94,97)/t42-,46-,48+,49-,50-,51+,52+,53+,54-,55-,56+,57-,58-,59-,60?,66+,67-/m0/s1. The molecule has 2 heterocycles. The number of aliphatic carboxylic acids is 2. The van der Waals surface area contributed by atoms with Gasteiger partial charge < -0.3 is 181 Å². The molecule has 41 N–H and O–H groups in total. The van der Waals surface area contributed by atoms with E-state index in [2.05, 4.69) is 137 Å². The van der Waals surface area contributed by atoms with Gasteiger partial charge in [0.05, 0.1) is 52.2 Å². The third-order valence-electron chi connectivity index (χ3n) is 22.2. The first kappa shape index (κ1) is 123. The quantitative estimate of drug-likeness (QED) is 0.0108. The Kier molecular flexibility index (Phi) is 54.1. The molecule has 0 bridgehead atoms. The SMILES string of the molecule is CC(C)[C@@H](NC(=O)CNC(=O)CNC(=O)CNC(=O)[C@H](CS)NC(=O)[C@@H](NC(=O)[C@H](CCCNC(=N)N)NC(=O)[C@H](CO)NC(=O)[C@H](CS)NC(=O)C1CCCN1C(=O)[C@H](CO)NC(=O)[C@H](Cc1c[nH]c2ccccc12)NC(=O)[C@H](CCC(N)=O)NC(=O)[C@@H](N)CO)[C@H](C)O)C(=O)N[C@H](CO)C(=O)N[C@H](Cc1ccccc1)C(=O)N[C@H](CCCNC(=N)N)C(=O)N[C@H](CCC(=O)O)C(=O)N[C@H](CCCNC(=N)N)C(=O)O. The smallest absolute Gasteiger partial charge is 0.326 e. The van der Waals surface area contributed by atoms with Gasteiger partial charge in [-0.2, -0.15) is 25.3 Å². The fraction of sp³-hybridized carbons (Fsp3) is 0.558. The van der Waals surface area contributed by atoms with Crippen LogP contribution in [0.1, 0.15) is 109 Å². The van der Waals surface area contributed by atoms with E-state index in [-0.39, 0.29) is 96.8 Å². The summed E-state index contributed by atoms with van der Waals surface area (Å²) in [5.41, 5.74) is 28.7. The number of aromatic nitrogens is 1. The molecule has 3 aromatic rings. The van der Waals surface area contributed by atoms with Crippen LogP contribution in [0.25, 0.3) is 10.9 Å². The molecule has 146 heavy (non-hydrogen) atoms. The van der Waals surface area contributed by atoms with Crippen molar-refractivity contribution < 1.29 is 136 Å². The largest absolute Gasteiger partial charge is 0.481 e. The number of H-pyrrole nitrogens is 1. The van der Waals surface area contributed by atoms with Crippen molar-refractivity contribution >= 4 is 178 Å². The van der Waals surface area contributed by atoms with Crippen LogP contribution in [-0.2, 0) is 114 Å². The number of carbonyl (C=O) groups excluding carboxylic acids is 19. The number of thiol groups is 2. The second-order valence-corrected chi connectivity index (χ2v) is 34.6. The van der Waals surface area contributed by atoms with Gasteiger partial charge in [0.2, 0.25) is 112 Å². The number of carboxylic acid groups (broad SMARTS) is 2. The molecule has 1 fully saturated rings. The monoisotopic (exact) mass is 2100 g/mol. The lowest BCUT2D eigenvalue weighted by Gasteiger charge is -2.30. The number of likely N-dealkylation sites (tertiary alicyclic amines) is 1. The first-order chi connectivity index (χ1) is 69.1. The van der Waals surface area contributed by atoms with Crippen molar-refractivity contribution in [3.8, 4) is 0 Å². The number of nitrogens with one attached hydrogen (secondary N) is 24. The molecule has 0 radical (unpaired) electrons. The van der Waals surface area contributed by atoms with Crippen molar-refractivity contribution in [1.82, 2.24) is 116 Å². The summed E-state index contributed by atoms with van der Waals surface area (Å²) in [6.45, 7) is -2.98. The average Bonchev–Trinajstić information content (AvgIpc) is 1.67. The highest BCUT2D eigenvalue weighted by molar-refractivity contribution is 7.80. The van der Waals surface area contributed by atoms with Crippen molar-refractivity contribution in [3.63, 3.8) is 0 Å². The van der Waals surface area contributed by atoms with E-state index < -0.39 is 328 Å². The number of aliphatic hydroxyl groups excluding tert-OH is 5. The highest BCUT2D eigenvalue weighted by atomic mass is 32.1. The van der Waals surface area contributed by atoms with Crippen LogP contribution in [0.15, 0.2) is 60.8 Å². The number of carboxylic acids is 2. The van der Waals surface area contributed by atoms with Crippen molar-refractivity contribution in [2.24, 2.45) is 34.6 Å². The first-order valence-corrected chi connectivity index (χ1v) is 47.4. The van der Waals surface area contributed by atoms with Crippen molar-refractivity contribution in [3.05, 3.63) is 71.9 Å². The lowest BCUT2D eigenvalue weighted by Crippen LogP contribution is -2.62. The molecule has 4 rings (SSSR count). The van der Waals surface area contributed by atoms with Gasteiger partial charge in [-0.15, -0.1) is 0 Å². The van der Waals surface area contributed by atoms with Crippen LogP contribution >= 0.6 is 25.3 Å². The second-order valence-electron chi connectivity index (χ2n) is 33.9. The number of benzene rings is 2. The molecule has 60 heteroatoms. The van der Waals surface area contributed by atoms with Gasteiger partial charge in [-0.05, 0) is 94.2 Å². The third kappa shape index (κ3) is 43.3. The average molecular weight is 2100 g/mol. The Labute approximate surface area is 846 Å². The molecule has 19 amide bonds. The summed E-state index contributed by atoms with van der Waals surface area (Å²) in [6.07, 6.45) is -3.63. The zero-order chi connectivity index (χ0) is 109. The third-order valence-corrected chi connectivity index (χ3v) is 22.9. The predicted molar refractivity (Wildman–Crippen MR) is 524 cm³/mol. The van der Waals surface area contributed by atoms with Gasteiger partial charge >= 0.3 is 11.9 Å². The zero-order valence-corrected chi connectivity index (χ0v) is 82.0. The minimum Gasteiger partial charge on any atom is -0.481 e. The molecule has 0 saturated carbocycles. The van der Waals surface area contributed by atoms with Crippen LogP contribution in [0, 0.1) is 22.1 Å². The number of nitrogens with two attached hydrogens (primary N) is 5. The summed E-state index contributed by atoms with van der Waals surface area (Å²) < 4.78 is 0. The van der Waals surface area contributed by atoms with Crippen molar-refractivity contribution in [2.45, 2.75) is 213 Å². The summed E-state index contributed by atoms with van der Waals surface area (Å²) in [5, 5.41) is 142. The van der Waals surface area contributed by atoms with E-state index in [0.717, 1.165) is 11.8 Å². The van der Waals surface area contributed by atoms with E-state index in [1.54, 1.807) is 60.8 Å². The van der Waals surface area contributed by atoms with Crippen LogP contribution in [-0.4, -0.2) is 374 Å². The van der Waals surface area contributed by atoms with E-state index in [4.69, 9.17) is 44.9 Å². The number of hydrogen-bond acceptors (Lipinski definition) is 32. The number of rotatable bonds is 66. The molecule has 1 aliphatic heterocycles. The molecule has 58 nitrogen and oxygen atoms in total.